The molecule has 1 unspecified atom stereocenters. The van der Waals surface area contributed by atoms with E-state index in [-0.39, 0.29) is 6.04 Å². The number of aromatic nitrogens is 1. The topological polar surface area (TPSA) is 60.2 Å². The molecule has 0 bridgehead atoms. The quantitative estimate of drug-likeness (QED) is 0.651. The highest BCUT2D eigenvalue weighted by Gasteiger charge is 2.18. The molecule has 2 aromatic rings. The van der Waals surface area contributed by atoms with Gasteiger partial charge in [-0.15, -0.1) is 11.3 Å². The summed E-state index contributed by atoms with van der Waals surface area (Å²) in [6.07, 6.45) is 0.781. The lowest BCUT2D eigenvalue weighted by Gasteiger charge is -2.16. The molecule has 0 amide bonds. The summed E-state index contributed by atoms with van der Waals surface area (Å²) < 4.78 is 5.38. The van der Waals surface area contributed by atoms with Crippen LogP contribution in [0.15, 0.2) is 24.3 Å². The smallest absolute Gasteiger partial charge is 0.122 e. The van der Waals surface area contributed by atoms with Crippen molar-refractivity contribution in [2.24, 2.45) is 5.84 Å². The van der Waals surface area contributed by atoms with Gasteiger partial charge in [-0.05, 0) is 31.9 Å². The predicted octanol–water partition coefficient (Wildman–Crippen LogP) is 2.52. The molecule has 1 aromatic carbocycles. The first-order valence-corrected chi connectivity index (χ1v) is 6.99. The van der Waals surface area contributed by atoms with Crippen molar-refractivity contribution >= 4 is 11.3 Å². The van der Waals surface area contributed by atoms with Crippen LogP contribution in [-0.2, 0) is 6.42 Å². The summed E-state index contributed by atoms with van der Waals surface area (Å²) in [5, 5.41) is 1.06. The third-order valence-electron chi connectivity index (χ3n) is 3.07. The van der Waals surface area contributed by atoms with E-state index in [0.717, 1.165) is 28.4 Å². The molecular formula is C14H19N3OS. The van der Waals surface area contributed by atoms with Gasteiger partial charge in [0, 0.05) is 4.88 Å². The molecule has 3 N–H and O–H groups in total. The van der Waals surface area contributed by atoms with E-state index in [1.165, 1.54) is 4.88 Å². The molecule has 0 aliphatic heterocycles. The molecule has 0 saturated carbocycles. The van der Waals surface area contributed by atoms with Gasteiger partial charge in [-0.1, -0.05) is 18.2 Å². The minimum atomic E-state index is 0.0579. The van der Waals surface area contributed by atoms with Crippen molar-refractivity contribution < 1.29 is 4.74 Å². The van der Waals surface area contributed by atoms with Gasteiger partial charge in [0.25, 0.3) is 0 Å². The van der Waals surface area contributed by atoms with Gasteiger partial charge < -0.3 is 4.74 Å². The van der Waals surface area contributed by atoms with Gasteiger partial charge in [0.15, 0.2) is 0 Å². The highest BCUT2D eigenvalue weighted by atomic mass is 32.1. The van der Waals surface area contributed by atoms with E-state index in [9.17, 15) is 0 Å². The van der Waals surface area contributed by atoms with Crippen molar-refractivity contribution in [3.05, 3.63) is 45.4 Å². The Kier molecular flexibility index (Phi) is 4.52. The minimum Gasteiger partial charge on any atom is -0.496 e. The second-order valence-electron chi connectivity index (χ2n) is 4.42. The van der Waals surface area contributed by atoms with Crippen molar-refractivity contribution in [1.82, 2.24) is 10.4 Å². The Balaban J connectivity index is 2.26. The molecular weight excluding hydrogens is 258 g/mol. The zero-order valence-electron chi connectivity index (χ0n) is 11.4. The van der Waals surface area contributed by atoms with Gasteiger partial charge in [0.05, 0.1) is 23.9 Å². The molecule has 0 spiro atoms. The van der Waals surface area contributed by atoms with E-state index in [4.69, 9.17) is 10.6 Å². The molecule has 2 rings (SSSR count). The second kappa shape index (κ2) is 6.14. The van der Waals surface area contributed by atoms with Crippen LogP contribution < -0.4 is 16.0 Å². The van der Waals surface area contributed by atoms with Crippen LogP contribution in [0.4, 0.5) is 0 Å². The summed E-state index contributed by atoms with van der Waals surface area (Å²) >= 11 is 1.69. The molecule has 102 valence electrons. The Morgan fingerprint density at radius 3 is 2.68 bits per heavy atom. The fourth-order valence-electron chi connectivity index (χ4n) is 2.19. The summed E-state index contributed by atoms with van der Waals surface area (Å²) in [5.74, 6) is 6.60. The highest BCUT2D eigenvalue weighted by Crippen LogP contribution is 2.29. The number of benzene rings is 1. The number of methoxy groups -OCH3 is 1. The SMILES string of the molecule is COc1ccccc1CC(NN)c1sc(C)nc1C. The van der Waals surface area contributed by atoms with E-state index in [2.05, 4.69) is 16.5 Å². The molecule has 5 heteroatoms. The fourth-order valence-corrected chi connectivity index (χ4v) is 3.18. The standard InChI is InChI=1S/C14H19N3OS/c1-9-14(19-10(2)16-9)12(17-15)8-11-6-4-5-7-13(11)18-3/h4-7,12,17H,8,15H2,1-3H3. The molecule has 1 heterocycles. The maximum absolute atomic E-state index is 5.71. The summed E-state index contributed by atoms with van der Waals surface area (Å²) in [7, 11) is 1.69. The van der Waals surface area contributed by atoms with Crippen LogP contribution in [0.2, 0.25) is 0 Å². The third kappa shape index (κ3) is 3.12. The molecule has 0 fully saturated rings. The van der Waals surface area contributed by atoms with Gasteiger partial charge in [0.2, 0.25) is 0 Å². The molecule has 0 radical (unpaired) electrons. The Labute approximate surface area is 117 Å². The number of nitrogens with one attached hydrogen (secondary N) is 1. The van der Waals surface area contributed by atoms with Gasteiger partial charge in [-0.25, -0.2) is 4.98 Å². The van der Waals surface area contributed by atoms with Gasteiger partial charge >= 0.3 is 0 Å². The zero-order chi connectivity index (χ0) is 13.8. The normalized spacial score (nSPS) is 12.4. The largest absolute Gasteiger partial charge is 0.496 e. The Hall–Kier alpha value is -1.43. The number of nitrogens with zero attached hydrogens (tertiary/aromatic N) is 1. The van der Waals surface area contributed by atoms with Crippen LogP contribution in [0, 0.1) is 13.8 Å². The van der Waals surface area contributed by atoms with Crippen molar-refractivity contribution in [2.45, 2.75) is 26.3 Å². The van der Waals surface area contributed by atoms with Gasteiger partial charge in [-0.2, -0.15) is 0 Å². The molecule has 19 heavy (non-hydrogen) atoms. The van der Waals surface area contributed by atoms with Crippen LogP contribution in [0.1, 0.15) is 27.2 Å². The lowest BCUT2D eigenvalue weighted by molar-refractivity contribution is 0.406. The second-order valence-corrected chi connectivity index (χ2v) is 5.65. The van der Waals surface area contributed by atoms with E-state index >= 15 is 0 Å². The lowest BCUT2D eigenvalue weighted by Crippen LogP contribution is -2.29. The number of hydrogen-bond donors (Lipinski definition) is 2. The van der Waals surface area contributed by atoms with E-state index < -0.39 is 0 Å². The Bertz CT molecular complexity index is 553. The number of nitrogens with two attached hydrogens (primary N) is 1. The number of para-hydroxylation sites is 1. The maximum atomic E-state index is 5.71. The summed E-state index contributed by atoms with van der Waals surface area (Å²) in [6, 6.07) is 8.06. The molecule has 0 aliphatic carbocycles. The molecule has 1 aromatic heterocycles. The lowest BCUT2D eigenvalue weighted by atomic mass is 10.0. The number of hydrogen-bond acceptors (Lipinski definition) is 5. The van der Waals surface area contributed by atoms with Gasteiger partial charge in [0.1, 0.15) is 5.75 Å². The number of hydrazine groups is 1. The monoisotopic (exact) mass is 277 g/mol. The first-order valence-electron chi connectivity index (χ1n) is 6.17. The van der Waals surface area contributed by atoms with Gasteiger partial charge in [-0.3, -0.25) is 11.3 Å². The maximum Gasteiger partial charge on any atom is 0.122 e. The van der Waals surface area contributed by atoms with Crippen LogP contribution in [0.3, 0.4) is 0 Å². The number of aryl methyl sites for hydroxylation is 2. The average molecular weight is 277 g/mol. The van der Waals surface area contributed by atoms with E-state index in [1.807, 2.05) is 32.0 Å². The Morgan fingerprint density at radius 1 is 1.37 bits per heavy atom. The van der Waals surface area contributed by atoms with Crippen LogP contribution in [0.5, 0.6) is 5.75 Å². The molecule has 1 atom stereocenters. The molecule has 0 saturated heterocycles. The number of thiazole rings is 1. The van der Waals surface area contributed by atoms with Crippen LogP contribution in [0.25, 0.3) is 0 Å². The number of ether oxygens (including phenoxy) is 1. The van der Waals surface area contributed by atoms with Crippen molar-refractivity contribution in [3.8, 4) is 5.75 Å². The fraction of sp³-hybridized carbons (Fsp3) is 0.357. The van der Waals surface area contributed by atoms with Crippen LogP contribution >= 0.6 is 11.3 Å². The molecule has 4 nitrogen and oxygen atoms in total. The third-order valence-corrected chi connectivity index (χ3v) is 4.26. The minimum absolute atomic E-state index is 0.0579. The highest BCUT2D eigenvalue weighted by molar-refractivity contribution is 7.11. The average Bonchev–Trinajstić information content (AvgIpc) is 2.75. The van der Waals surface area contributed by atoms with Crippen molar-refractivity contribution in [1.29, 1.82) is 0 Å². The predicted molar refractivity (Wildman–Crippen MR) is 78.4 cm³/mol. The first kappa shape index (κ1) is 14.0. The summed E-state index contributed by atoms with van der Waals surface area (Å²) in [4.78, 5) is 5.64. The zero-order valence-corrected chi connectivity index (χ0v) is 12.3. The summed E-state index contributed by atoms with van der Waals surface area (Å²) in [5.41, 5.74) is 5.07. The number of rotatable bonds is 5. The first-order chi connectivity index (χ1) is 9.15. The van der Waals surface area contributed by atoms with Crippen molar-refractivity contribution in [3.63, 3.8) is 0 Å². The summed E-state index contributed by atoms with van der Waals surface area (Å²) in [6.45, 7) is 4.03. The molecule has 0 aliphatic rings. The van der Waals surface area contributed by atoms with Crippen LogP contribution in [-0.4, -0.2) is 12.1 Å². The Morgan fingerprint density at radius 2 is 2.11 bits per heavy atom. The van der Waals surface area contributed by atoms with Crippen molar-refractivity contribution in [2.75, 3.05) is 7.11 Å². The van der Waals surface area contributed by atoms with E-state index in [0.29, 0.717) is 0 Å². The van der Waals surface area contributed by atoms with E-state index in [1.54, 1.807) is 18.4 Å².